The largest absolute Gasteiger partial charge is 4.00 e. The number of aryl methyl sites for hydroxylation is 2. The van der Waals surface area contributed by atoms with Crippen LogP contribution >= 0.6 is 0 Å². The maximum absolute atomic E-state index is 2.28. The monoisotopic (exact) mass is 670 g/mol. The molecular weight excluding hydrogens is 643 g/mol. The zero-order valence-corrected chi connectivity index (χ0v) is 28.1. The summed E-state index contributed by atoms with van der Waals surface area (Å²) < 4.78 is 0. The first-order valence-electron chi connectivity index (χ1n) is 13.9. The topological polar surface area (TPSA) is 0 Å². The van der Waals surface area contributed by atoms with Crippen molar-refractivity contribution in [3.05, 3.63) is 157 Å². The summed E-state index contributed by atoms with van der Waals surface area (Å²) in [6, 6.07) is 52.5. The quantitative estimate of drug-likeness (QED) is 0.217. The van der Waals surface area contributed by atoms with Gasteiger partial charge in [0.05, 0.1) is 0 Å². The molecular formula is C40H30Cl2Zr. The van der Waals surface area contributed by atoms with Gasteiger partial charge in [0, 0.05) is 0 Å². The van der Waals surface area contributed by atoms with Crippen molar-refractivity contribution >= 4 is 43.1 Å². The van der Waals surface area contributed by atoms with Gasteiger partial charge in [-0.1, -0.05) is 122 Å². The Hall–Kier alpha value is -3.48. The zero-order valence-electron chi connectivity index (χ0n) is 24.1. The number of benzene rings is 6. The molecule has 3 heteroatoms. The summed E-state index contributed by atoms with van der Waals surface area (Å²) in [6.45, 7) is 4.32. The molecule has 0 fully saturated rings. The van der Waals surface area contributed by atoms with Gasteiger partial charge in [-0.2, -0.15) is 12.1 Å². The summed E-state index contributed by atoms with van der Waals surface area (Å²) in [5.41, 5.74) is 7.94. The molecule has 0 aliphatic rings. The Bertz CT molecular complexity index is 1980. The minimum atomic E-state index is 0. The number of hydrogen-bond acceptors (Lipinski definition) is 0. The van der Waals surface area contributed by atoms with Crippen molar-refractivity contribution in [1.29, 1.82) is 0 Å². The molecule has 0 radical (unpaired) electrons. The normalized spacial score (nSPS) is 10.5. The molecule has 0 unspecified atom stereocenters. The third kappa shape index (κ3) is 6.27. The molecule has 8 aromatic carbocycles. The molecule has 0 atom stereocenters. The molecule has 208 valence electrons. The standard InChI is InChI=1S/2C20H15.2ClH.Zr/c2*1-14-12-16-8-5-11-19(20(16)13-14)18-10-4-7-15-6-2-3-9-17(15)18;;;/h2*2-13H,1H3;2*1H;/q2*-1;;;+4/p-2. The fraction of sp³-hybridized carbons (Fsp3) is 0.0500. The molecule has 0 N–H and O–H groups in total. The number of fused-ring (bicyclic) bond motifs is 4. The average molecular weight is 673 g/mol. The number of halogens is 2. The van der Waals surface area contributed by atoms with Crippen LogP contribution in [0.1, 0.15) is 11.1 Å². The molecule has 0 amide bonds. The zero-order chi connectivity index (χ0) is 27.1. The average Bonchev–Trinajstić information content (AvgIpc) is 3.57. The van der Waals surface area contributed by atoms with Crippen molar-refractivity contribution in [2.24, 2.45) is 0 Å². The molecule has 0 aliphatic carbocycles. The van der Waals surface area contributed by atoms with Crippen molar-refractivity contribution < 1.29 is 51.0 Å². The maximum atomic E-state index is 2.28. The SMILES string of the molecule is Cc1cc2c(-c3cccc4ccccc34)cccc2[cH-]1.Cc1cc2c(-c3cccc4ccccc34)cccc2[cH-]1.[Cl-].[Cl-].[Zr+4]. The Kier molecular flexibility index (Phi) is 10.5. The molecule has 0 nitrogen and oxygen atoms in total. The van der Waals surface area contributed by atoms with Crippen LogP contribution in [0.3, 0.4) is 0 Å². The van der Waals surface area contributed by atoms with Gasteiger partial charge in [0.15, 0.2) is 0 Å². The van der Waals surface area contributed by atoms with E-state index in [1.54, 1.807) is 0 Å². The molecule has 0 spiro atoms. The van der Waals surface area contributed by atoms with Crippen LogP contribution in [0, 0.1) is 13.8 Å². The van der Waals surface area contributed by atoms with Crippen molar-refractivity contribution in [2.75, 3.05) is 0 Å². The molecule has 43 heavy (non-hydrogen) atoms. The van der Waals surface area contributed by atoms with Crippen molar-refractivity contribution in [1.82, 2.24) is 0 Å². The Morgan fingerprint density at radius 2 is 0.698 bits per heavy atom. The van der Waals surface area contributed by atoms with Gasteiger partial charge in [0.2, 0.25) is 0 Å². The van der Waals surface area contributed by atoms with Gasteiger partial charge in [-0.15, -0.1) is 69.1 Å². The Morgan fingerprint density at radius 1 is 0.372 bits per heavy atom. The molecule has 0 saturated heterocycles. The predicted molar refractivity (Wildman–Crippen MR) is 174 cm³/mol. The fourth-order valence-electron chi connectivity index (χ4n) is 6.16. The van der Waals surface area contributed by atoms with E-state index in [1.807, 2.05) is 0 Å². The van der Waals surface area contributed by atoms with E-state index >= 15 is 0 Å². The van der Waals surface area contributed by atoms with E-state index in [-0.39, 0.29) is 51.0 Å². The second-order valence-corrected chi connectivity index (χ2v) is 10.7. The number of rotatable bonds is 2. The van der Waals surface area contributed by atoms with Crippen LogP contribution in [0.2, 0.25) is 0 Å². The molecule has 0 aromatic heterocycles. The Morgan fingerprint density at radius 3 is 1.12 bits per heavy atom. The summed E-state index contributed by atoms with van der Waals surface area (Å²) in [7, 11) is 0. The summed E-state index contributed by atoms with van der Waals surface area (Å²) in [4.78, 5) is 0. The van der Waals surface area contributed by atoms with E-state index in [1.165, 1.54) is 76.5 Å². The van der Waals surface area contributed by atoms with Gasteiger partial charge >= 0.3 is 26.2 Å². The van der Waals surface area contributed by atoms with E-state index in [2.05, 4.69) is 159 Å². The molecule has 8 rings (SSSR count). The van der Waals surface area contributed by atoms with Crippen LogP contribution in [0.4, 0.5) is 0 Å². The van der Waals surface area contributed by atoms with E-state index in [9.17, 15) is 0 Å². The summed E-state index contributed by atoms with van der Waals surface area (Å²) in [6.07, 6.45) is 0. The van der Waals surface area contributed by atoms with Crippen LogP contribution in [0.25, 0.3) is 65.3 Å². The van der Waals surface area contributed by atoms with E-state index in [0.29, 0.717) is 0 Å². The summed E-state index contributed by atoms with van der Waals surface area (Å²) in [5.74, 6) is 0. The van der Waals surface area contributed by atoms with Crippen molar-refractivity contribution in [2.45, 2.75) is 13.8 Å². The Labute approximate surface area is 285 Å². The first-order valence-corrected chi connectivity index (χ1v) is 13.9. The Balaban J connectivity index is 0.000000184. The van der Waals surface area contributed by atoms with Gasteiger partial charge < -0.3 is 24.8 Å². The van der Waals surface area contributed by atoms with Gasteiger partial charge in [-0.25, -0.2) is 0 Å². The van der Waals surface area contributed by atoms with Crippen LogP contribution in [-0.4, -0.2) is 0 Å². The smallest absolute Gasteiger partial charge is 1.00 e. The van der Waals surface area contributed by atoms with Gasteiger partial charge in [0.1, 0.15) is 0 Å². The summed E-state index contributed by atoms with van der Waals surface area (Å²) >= 11 is 0. The molecule has 0 aliphatic heterocycles. The van der Waals surface area contributed by atoms with E-state index in [4.69, 9.17) is 0 Å². The van der Waals surface area contributed by atoms with Crippen LogP contribution in [0.5, 0.6) is 0 Å². The second-order valence-electron chi connectivity index (χ2n) is 10.7. The first kappa shape index (κ1) is 32.4. The minimum Gasteiger partial charge on any atom is -1.00 e. The molecule has 8 aromatic rings. The van der Waals surface area contributed by atoms with E-state index in [0.717, 1.165) is 0 Å². The van der Waals surface area contributed by atoms with Gasteiger partial charge in [-0.05, 0) is 32.7 Å². The van der Waals surface area contributed by atoms with Crippen molar-refractivity contribution in [3.63, 3.8) is 0 Å². The number of hydrogen-bond donors (Lipinski definition) is 0. The van der Waals surface area contributed by atoms with Crippen LogP contribution < -0.4 is 24.8 Å². The van der Waals surface area contributed by atoms with E-state index < -0.39 is 0 Å². The second kappa shape index (κ2) is 13.9. The third-order valence-corrected chi connectivity index (χ3v) is 7.95. The minimum absolute atomic E-state index is 0. The fourth-order valence-corrected chi connectivity index (χ4v) is 6.16. The first-order chi connectivity index (χ1) is 19.7. The van der Waals surface area contributed by atoms with Crippen LogP contribution in [0.15, 0.2) is 146 Å². The maximum Gasteiger partial charge on any atom is 4.00 e. The van der Waals surface area contributed by atoms with Gasteiger partial charge in [-0.3, -0.25) is 0 Å². The van der Waals surface area contributed by atoms with Crippen molar-refractivity contribution in [3.8, 4) is 22.3 Å². The molecule has 0 saturated carbocycles. The predicted octanol–water partition coefficient (Wildman–Crippen LogP) is 5.38. The van der Waals surface area contributed by atoms with Gasteiger partial charge in [0.25, 0.3) is 0 Å². The van der Waals surface area contributed by atoms with Crippen LogP contribution in [-0.2, 0) is 26.2 Å². The summed E-state index contributed by atoms with van der Waals surface area (Å²) in [5, 5.41) is 10.6. The molecule has 0 bridgehead atoms. The third-order valence-electron chi connectivity index (χ3n) is 7.95. The molecule has 0 heterocycles.